The van der Waals surface area contributed by atoms with Crippen LogP contribution in [0.4, 0.5) is 14.6 Å². The Morgan fingerprint density at radius 2 is 2.18 bits per heavy atom. The van der Waals surface area contributed by atoms with Gasteiger partial charge in [0.05, 0.1) is 41.3 Å². The van der Waals surface area contributed by atoms with Crippen molar-refractivity contribution in [2.45, 2.75) is 37.3 Å². The average molecular weight is 453 g/mol. The smallest absolute Gasteiger partial charge is 0.270 e. The van der Waals surface area contributed by atoms with Crippen molar-refractivity contribution in [3.63, 3.8) is 0 Å². The Hall–Kier alpha value is -3.42. The first-order valence-corrected chi connectivity index (χ1v) is 10.5. The van der Waals surface area contributed by atoms with Crippen LogP contribution in [0.1, 0.15) is 37.1 Å². The second-order valence-electron chi connectivity index (χ2n) is 8.44. The summed E-state index contributed by atoms with van der Waals surface area (Å²) in [5.74, 6) is -2.80. The van der Waals surface area contributed by atoms with Crippen molar-refractivity contribution < 1.29 is 23.0 Å². The highest BCUT2D eigenvalue weighted by molar-refractivity contribution is 5.98. The third-order valence-corrected chi connectivity index (χ3v) is 6.23. The van der Waals surface area contributed by atoms with Crippen LogP contribution in [0.25, 0.3) is 22.2 Å². The lowest BCUT2D eigenvalue weighted by atomic mass is 9.95. The molecule has 0 bridgehead atoms. The highest BCUT2D eigenvalue weighted by Gasteiger charge is 2.58. The van der Waals surface area contributed by atoms with Gasteiger partial charge in [0.2, 0.25) is 5.91 Å². The topological polar surface area (TPSA) is 102 Å². The highest BCUT2D eigenvalue weighted by Crippen LogP contribution is 2.54. The number of alkyl halides is 2. The van der Waals surface area contributed by atoms with Gasteiger partial charge in [0.15, 0.2) is 0 Å². The van der Waals surface area contributed by atoms with E-state index < -0.39 is 17.6 Å². The van der Waals surface area contributed by atoms with Gasteiger partial charge in [-0.1, -0.05) is 0 Å². The van der Waals surface area contributed by atoms with Crippen LogP contribution in [-0.2, 0) is 19.9 Å². The molecule has 2 atom stereocenters. The molecular weight excluding hydrogens is 432 g/mol. The molecule has 2 fully saturated rings. The largest absolute Gasteiger partial charge is 0.378 e. The molecule has 1 unspecified atom stereocenters. The van der Waals surface area contributed by atoms with E-state index in [2.05, 4.69) is 16.4 Å². The molecule has 2 aliphatic rings. The fourth-order valence-electron chi connectivity index (χ4n) is 4.34. The lowest BCUT2D eigenvalue weighted by Gasteiger charge is -2.25. The number of carbonyl (C=O) groups excluding carboxylic acids is 1. The molecule has 10 heteroatoms. The van der Waals surface area contributed by atoms with Gasteiger partial charge >= 0.3 is 0 Å². The van der Waals surface area contributed by atoms with Crippen LogP contribution in [0.3, 0.4) is 0 Å². The molecule has 0 spiro atoms. The second-order valence-corrected chi connectivity index (χ2v) is 8.44. The molecule has 8 nitrogen and oxygen atoms in total. The molecule has 1 saturated heterocycles. The maximum absolute atomic E-state index is 14.0. The lowest BCUT2D eigenvalue weighted by Crippen LogP contribution is -2.30. The van der Waals surface area contributed by atoms with E-state index in [4.69, 9.17) is 14.5 Å². The number of amides is 1. The molecular formula is C23H21F2N5O3. The summed E-state index contributed by atoms with van der Waals surface area (Å²) in [6.07, 6.45) is 3.41. The first-order chi connectivity index (χ1) is 15.8. The summed E-state index contributed by atoms with van der Waals surface area (Å²) in [4.78, 5) is 20.5. The predicted molar refractivity (Wildman–Crippen MR) is 115 cm³/mol. The van der Waals surface area contributed by atoms with Gasteiger partial charge in [0, 0.05) is 50.6 Å². The van der Waals surface area contributed by atoms with Crippen LogP contribution < -0.4 is 5.32 Å². The second kappa shape index (κ2) is 7.57. The summed E-state index contributed by atoms with van der Waals surface area (Å²) in [5, 5.41) is 12.9. The summed E-state index contributed by atoms with van der Waals surface area (Å²) >= 11 is 0. The summed E-state index contributed by atoms with van der Waals surface area (Å²) in [6, 6.07) is 6.09. The van der Waals surface area contributed by atoms with E-state index in [1.807, 2.05) is 0 Å². The number of ether oxygens (including phenoxy) is 2. The van der Waals surface area contributed by atoms with Crippen LogP contribution in [0.15, 0.2) is 30.6 Å². The Balaban J connectivity index is 1.71. The normalized spacial score (nSPS) is 23.4. The fraction of sp³-hybridized carbons (Fsp3) is 0.391. The Labute approximate surface area is 188 Å². The molecule has 1 N–H and O–H groups in total. The van der Waals surface area contributed by atoms with Crippen molar-refractivity contribution >= 4 is 22.6 Å². The summed E-state index contributed by atoms with van der Waals surface area (Å²) < 4.78 is 40.7. The van der Waals surface area contributed by atoms with Crippen LogP contribution in [0.2, 0.25) is 0 Å². The van der Waals surface area contributed by atoms with Crippen molar-refractivity contribution in [2.75, 3.05) is 25.6 Å². The Kier molecular flexibility index (Phi) is 4.92. The monoisotopic (exact) mass is 453 g/mol. The van der Waals surface area contributed by atoms with Crippen LogP contribution >= 0.6 is 0 Å². The minimum atomic E-state index is -2.80. The minimum absolute atomic E-state index is 0.259. The number of halogens is 2. The number of hydrogen-bond donors (Lipinski definition) is 1. The van der Waals surface area contributed by atoms with Gasteiger partial charge in [-0.3, -0.25) is 4.79 Å². The molecule has 4 heterocycles. The Morgan fingerprint density at radius 3 is 2.79 bits per heavy atom. The van der Waals surface area contributed by atoms with Gasteiger partial charge in [-0.05, 0) is 18.2 Å². The lowest BCUT2D eigenvalue weighted by molar-refractivity contribution is -0.114. The third-order valence-electron chi connectivity index (χ3n) is 6.23. The summed E-state index contributed by atoms with van der Waals surface area (Å²) in [6.45, 7) is 2.17. The van der Waals surface area contributed by atoms with E-state index in [1.165, 1.54) is 17.7 Å². The van der Waals surface area contributed by atoms with Gasteiger partial charge in [-0.15, -0.1) is 0 Å². The number of hydrogen-bond acceptors (Lipinski definition) is 6. The molecule has 1 aliphatic heterocycles. The first-order valence-electron chi connectivity index (χ1n) is 10.5. The minimum Gasteiger partial charge on any atom is -0.378 e. The number of rotatable bonds is 5. The Morgan fingerprint density at radius 1 is 1.39 bits per heavy atom. The van der Waals surface area contributed by atoms with Gasteiger partial charge < -0.3 is 19.4 Å². The number of carbonyl (C=O) groups is 1. The Bertz CT molecular complexity index is 1310. The number of methoxy groups -OCH3 is 1. The quantitative estimate of drug-likeness (QED) is 0.631. The predicted octanol–water partition coefficient (Wildman–Crippen LogP) is 3.77. The van der Waals surface area contributed by atoms with E-state index in [9.17, 15) is 18.8 Å². The van der Waals surface area contributed by atoms with Crippen molar-refractivity contribution in [2.24, 2.45) is 0 Å². The molecule has 5 rings (SSSR count). The van der Waals surface area contributed by atoms with Crippen molar-refractivity contribution in [1.82, 2.24) is 14.5 Å². The molecule has 3 aromatic heterocycles. The number of pyridine rings is 2. The molecule has 33 heavy (non-hydrogen) atoms. The average Bonchev–Trinajstić information content (AvgIpc) is 3.14. The first kappa shape index (κ1) is 21.4. The molecule has 1 aliphatic carbocycles. The van der Waals surface area contributed by atoms with E-state index in [0.717, 1.165) is 0 Å². The summed E-state index contributed by atoms with van der Waals surface area (Å²) in [5.41, 5.74) is 1.63. The van der Waals surface area contributed by atoms with Gasteiger partial charge in [-0.25, -0.2) is 18.7 Å². The van der Waals surface area contributed by atoms with Crippen molar-refractivity contribution in [3.8, 4) is 17.3 Å². The van der Waals surface area contributed by atoms with E-state index in [1.54, 1.807) is 31.5 Å². The molecule has 1 saturated carbocycles. The third kappa shape index (κ3) is 3.63. The number of nitrogens with zero attached hydrogens (tertiary/aromatic N) is 4. The molecule has 1 amide bonds. The maximum atomic E-state index is 14.0. The standard InChI is InChI=1S/C23H21F2N5O3/c1-13(31)28-21-7-15-16(11-30(18(15)10-27-21)20-8-23(20,24)25)17-5-14(9-26)6-19(29-17)22(32-2)3-4-33-12-22/h5-7,10-11,20H,3-4,8,12H2,1-2H3,(H,27,28,31)/t20-,22?/m0/s1. The molecule has 0 radical (unpaired) electrons. The van der Waals surface area contributed by atoms with Gasteiger partial charge in [0.25, 0.3) is 5.92 Å². The van der Waals surface area contributed by atoms with E-state index in [0.29, 0.717) is 58.9 Å². The number of aromatic nitrogens is 3. The number of nitriles is 1. The van der Waals surface area contributed by atoms with Gasteiger partial charge in [0.1, 0.15) is 17.5 Å². The fourth-order valence-corrected chi connectivity index (χ4v) is 4.34. The number of fused-ring (bicyclic) bond motifs is 1. The highest BCUT2D eigenvalue weighted by atomic mass is 19.3. The van der Waals surface area contributed by atoms with Crippen LogP contribution in [-0.4, -0.2) is 46.7 Å². The zero-order valence-corrected chi connectivity index (χ0v) is 18.1. The molecule has 170 valence electrons. The zero-order valence-electron chi connectivity index (χ0n) is 18.1. The molecule has 0 aromatic carbocycles. The van der Waals surface area contributed by atoms with Gasteiger partial charge in [-0.2, -0.15) is 5.26 Å². The maximum Gasteiger partial charge on any atom is 0.270 e. The van der Waals surface area contributed by atoms with Crippen molar-refractivity contribution in [3.05, 3.63) is 41.9 Å². The SMILES string of the molecule is COC1(c2cc(C#N)cc(-c3cn([C@H]4CC4(F)F)c4cnc(NC(C)=O)cc34)n2)CCOC1. The van der Waals surface area contributed by atoms with Crippen LogP contribution in [0, 0.1) is 11.3 Å². The van der Waals surface area contributed by atoms with E-state index in [-0.39, 0.29) is 12.3 Å². The number of nitrogens with one attached hydrogen (secondary N) is 1. The number of anilines is 1. The van der Waals surface area contributed by atoms with Crippen LogP contribution in [0.5, 0.6) is 0 Å². The van der Waals surface area contributed by atoms with E-state index >= 15 is 0 Å². The molecule has 3 aromatic rings. The van der Waals surface area contributed by atoms with Crippen molar-refractivity contribution in [1.29, 1.82) is 5.26 Å². The summed E-state index contributed by atoms with van der Waals surface area (Å²) in [7, 11) is 1.57. The zero-order chi connectivity index (χ0) is 23.4.